The normalized spacial score (nSPS) is 14.1. The Morgan fingerprint density at radius 1 is 1.11 bits per heavy atom. The number of aryl methyl sites for hydroxylation is 2. The van der Waals surface area contributed by atoms with Gasteiger partial charge < -0.3 is 10.2 Å². The molecule has 138 valence electrons. The number of amides is 1. The molecule has 1 aliphatic heterocycles. The van der Waals surface area contributed by atoms with Crippen LogP contribution in [0.25, 0.3) is 5.82 Å². The van der Waals surface area contributed by atoms with Crippen molar-refractivity contribution in [3.63, 3.8) is 0 Å². The lowest BCUT2D eigenvalue weighted by molar-refractivity contribution is -0.120. The molecule has 4 rings (SSSR count). The molecule has 3 heterocycles. The number of nitrogens with one attached hydrogen (secondary N) is 1. The summed E-state index contributed by atoms with van der Waals surface area (Å²) < 4.78 is 2.79. The predicted molar refractivity (Wildman–Crippen MR) is 107 cm³/mol. The summed E-state index contributed by atoms with van der Waals surface area (Å²) >= 11 is 3.39. The fourth-order valence-electron chi connectivity index (χ4n) is 3.10. The highest BCUT2D eigenvalue weighted by molar-refractivity contribution is 9.10. The molecule has 1 fully saturated rings. The standard InChI is InChI=1S/C19H19BrN6O/c1-12-7-13(2)26(24-12)18-8-17(21-11-22-18)25-9-14(10-25)19(27)23-16-5-3-15(20)4-6-16/h3-8,11,14H,9-10H2,1-2H3,(H,23,27). The first-order chi connectivity index (χ1) is 13.0. The summed E-state index contributed by atoms with van der Waals surface area (Å²) in [5.41, 5.74) is 2.77. The molecule has 0 aliphatic carbocycles. The second-order valence-electron chi connectivity index (χ2n) is 6.67. The summed E-state index contributed by atoms with van der Waals surface area (Å²) in [6, 6.07) is 11.5. The number of rotatable bonds is 4. The van der Waals surface area contributed by atoms with Crippen LogP contribution in [0.3, 0.4) is 0 Å². The first-order valence-corrected chi connectivity index (χ1v) is 9.46. The van der Waals surface area contributed by atoms with Crippen molar-refractivity contribution in [2.24, 2.45) is 5.92 Å². The van der Waals surface area contributed by atoms with Crippen molar-refractivity contribution in [1.82, 2.24) is 19.7 Å². The molecule has 1 saturated heterocycles. The van der Waals surface area contributed by atoms with Crippen LogP contribution in [0.2, 0.25) is 0 Å². The van der Waals surface area contributed by atoms with Crippen LogP contribution < -0.4 is 10.2 Å². The summed E-state index contributed by atoms with van der Waals surface area (Å²) in [6.45, 7) is 5.22. The lowest BCUT2D eigenvalue weighted by atomic mass is 9.99. The molecule has 3 aromatic rings. The van der Waals surface area contributed by atoms with Gasteiger partial charge in [-0.15, -0.1) is 0 Å². The highest BCUT2D eigenvalue weighted by atomic mass is 79.9. The van der Waals surface area contributed by atoms with Gasteiger partial charge in [0.15, 0.2) is 5.82 Å². The fourth-order valence-corrected chi connectivity index (χ4v) is 3.36. The summed E-state index contributed by atoms with van der Waals surface area (Å²) in [5.74, 6) is 1.51. The van der Waals surface area contributed by atoms with E-state index in [1.54, 1.807) is 4.68 Å². The van der Waals surface area contributed by atoms with Gasteiger partial charge in [0.25, 0.3) is 0 Å². The molecule has 0 unspecified atom stereocenters. The summed E-state index contributed by atoms with van der Waals surface area (Å²) in [6.07, 6.45) is 1.54. The fraction of sp³-hybridized carbons (Fsp3) is 0.263. The van der Waals surface area contributed by atoms with Crippen molar-refractivity contribution >= 4 is 33.3 Å². The average molecular weight is 427 g/mol. The third-order valence-corrected chi connectivity index (χ3v) is 5.08. The first-order valence-electron chi connectivity index (χ1n) is 8.66. The van der Waals surface area contributed by atoms with E-state index in [0.717, 1.165) is 33.2 Å². The van der Waals surface area contributed by atoms with Gasteiger partial charge in [-0.2, -0.15) is 5.10 Å². The molecule has 1 N–H and O–H groups in total. The molecule has 2 aromatic heterocycles. The summed E-state index contributed by atoms with van der Waals surface area (Å²) in [4.78, 5) is 23.1. The molecule has 0 saturated carbocycles. The Labute approximate surface area is 165 Å². The molecular weight excluding hydrogens is 408 g/mol. The van der Waals surface area contributed by atoms with Gasteiger partial charge in [-0.1, -0.05) is 15.9 Å². The predicted octanol–water partition coefficient (Wildman–Crippen LogP) is 3.12. The van der Waals surface area contributed by atoms with Crippen molar-refractivity contribution in [2.75, 3.05) is 23.3 Å². The third-order valence-electron chi connectivity index (χ3n) is 4.55. The van der Waals surface area contributed by atoms with Crippen molar-refractivity contribution < 1.29 is 4.79 Å². The van der Waals surface area contributed by atoms with E-state index in [1.165, 1.54) is 6.33 Å². The molecule has 0 bridgehead atoms. The Bertz CT molecular complexity index is 978. The van der Waals surface area contributed by atoms with E-state index in [-0.39, 0.29) is 11.8 Å². The van der Waals surface area contributed by atoms with E-state index >= 15 is 0 Å². The molecular formula is C19H19BrN6O. The van der Waals surface area contributed by atoms with E-state index in [4.69, 9.17) is 0 Å². The average Bonchev–Trinajstić information content (AvgIpc) is 2.94. The highest BCUT2D eigenvalue weighted by Crippen LogP contribution is 2.25. The van der Waals surface area contributed by atoms with E-state index < -0.39 is 0 Å². The maximum atomic E-state index is 12.4. The van der Waals surface area contributed by atoms with Gasteiger partial charge in [0, 0.05) is 35.0 Å². The van der Waals surface area contributed by atoms with Crippen molar-refractivity contribution in [3.8, 4) is 5.82 Å². The highest BCUT2D eigenvalue weighted by Gasteiger charge is 2.33. The van der Waals surface area contributed by atoms with E-state index in [0.29, 0.717) is 13.1 Å². The van der Waals surface area contributed by atoms with E-state index in [9.17, 15) is 4.79 Å². The van der Waals surface area contributed by atoms with Crippen molar-refractivity contribution in [3.05, 3.63) is 58.6 Å². The Balaban J connectivity index is 1.40. The number of aromatic nitrogens is 4. The molecule has 1 aliphatic rings. The number of carbonyl (C=O) groups is 1. The zero-order valence-electron chi connectivity index (χ0n) is 15.1. The minimum absolute atomic E-state index is 0.0291. The molecule has 0 atom stereocenters. The van der Waals surface area contributed by atoms with Crippen LogP contribution in [0.4, 0.5) is 11.5 Å². The van der Waals surface area contributed by atoms with Crippen LogP contribution in [0.5, 0.6) is 0 Å². The van der Waals surface area contributed by atoms with Gasteiger partial charge in [-0.25, -0.2) is 14.6 Å². The summed E-state index contributed by atoms with van der Waals surface area (Å²) in [5, 5.41) is 7.42. The van der Waals surface area contributed by atoms with Gasteiger partial charge in [0.05, 0.1) is 11.6 Å². The van der Waals surface area contributed by atoms with Crippen LogP contribution in [-0.4, -0.2) is 38.7 Å². The van der Waals surface area contributed by atoms with Crippen LogP contribution in [0, 0.1) is 19.8 Å². The van der Waals surface area contributed by atoms with Gasteiger partial charge in [-0.05, 0) is 44.2 Å². The molecule has 0 radical (unpaired) electrons. The van der Waals surface area contributed by atoms with Crippen LogP contribution in [0.15, 0.2) is 47.2 Å². The number of carbonyl (C=O) groups excluding carboxylic acids is 1. The lowest BCUT2D eigenvalue weighted by Crippen LogP contribution is -2.52. The molecule has 27 heavy (non-hydrogen) atoms. The number of hydrogen-bond acceptors (Lipinski definition) is 5. The number of benzene rings is 1. The number of anilines is 2. The minimum atomic E-state index is -0.0549. The van der Waals surface area contributed by atoms with Gasteiger partial charge >= 0.3 is 0 Å². The largest absolute Gasteiger partial charge is 0.355 e. The van der Waals surface area contributed by atoms with Gasteiger partial charge in [0.2, 0.25) is 5.91 Å². The minimum Gasteiger partial charge on any atom is -0.355 e. The Kier molecular flexibility index (Phi) is 4.65. The first kappa shape index (κ1) is 17.7. The SMILES string of the molecule is Cc1cc(C)n(-c2cc(N3CC(C(=O)Nc4ccc(Br)cc4)C3)ncn2)n1. The molecule has 7 nitrogen and oxygen atoms in total. The topological polar surface area (TPSA) is 75.9 Å². The zero-order valence-corrected chi connectivity index (χ0v) is 16.6. The molecule has 0 spiro atoms. The Morgan fingerprint density at radius 3 is 2.48 bits per heavy atom. The van der Waals surface area contributed by atoms with Crippen LogP contribution >= 0.6 is 15.9 Å². The van der Waals surface area contributed by atoms with Gasteiger partial charge in [0.1, 0.15) is 12.1 Å². The molecule has 8 heteroatoms. The quantitative estimate of drug-likeness (QED) is 0.693. The number of hydrogen-bond donors (Lipinski definition) is 1. The second-order valence-corrected chi connectivity index (χ2v) is 7.59. The molecule has 1 amide bonds. The van der Waals surface area contributed by atoms with Crippen molar-refractivity contribution in [1.29, 1.82) is 0 Å². The smallest absolute Gasteiger partial charge is 0.231 e. The Morgan fingerprint density at radius 2 is 1.81 bits per heavy atom. The molecule has 1 aromatic carbocycles. The maximum Gasteiger partial charge on any atom is 0.231 e. The van der Waals surface area contributed by atoms with E-state index in [1.807, 2.05) is 50.2 Å². The monoisotopic (exact) mass is 426 g/mol. The zero-order chi connectivity index (χ0) is 19.0. The Hall–Kier alpha value is -2.74. The summed E-state index contributed by atoms with van der Waals surface area (Å²) in [7, 11) is 0. The van der Waals surface area contributed by atoms with Crippen LogP contribution in [0.1, 0.15) is 11.4 Å². The lowest BCUT2D eigenvalue weighted by Gasteiger charge is -2.39. The van der Waals surface area contributed by atoms with Crippen LogP contribution in [-0.2, 0) is 4.79 Å². The van der Waals surface area contributed by atoms with Gasteiger partial charge in [-0.3, -0.25) is 4.79 Å². The third kappa shape index (κ3) is 3.71. The second kappa shape index (κ2) is 7.11. The van der Waals surface area contributed by atoms with Crippen molar-refractivity contribution in [2.45, 2.75) is 13.8 Å². The maximum absolute atomic E-state index is 12.4. The van der Waals surface area contributed by atoms with E-state index in [2.05, 4.69) is 41.2 Å². The number of nitrogens with zero attached hydrogens (tertiary/aromatic N) is 5. The number of halogens is 1.